The van der Waals surface area contributed by atoms with Crippen LogP contribution in [-0.2, 0) is 10.5 Å². The topological polar surface area (TPSA) is 82.1 Å². The zero-order chi connectivity index (χ0) is 21.0. The lowest BCUT2D eigenvalue weighted by Crippen LogP contribution is -2.38. The van der Waals surface area contributed by atoms with E-state index in [1.807, 2.05) is 42.5 Å². The molecule has 0 unspecified atom stereocenters. The Hall–Kier alpha value is -3.17. The number of ether oxygens (including phenoxy) is 1. The molecule has 1 fully saturated rings. The quantitative estimate of drug-likeness (QED) is 0.424. The summed E-state index contributed by atoms with van der Waals surface area (Å²) in [5.74, 6) is 2.41. The summed E-state index contributed by atoms with van der Waals surface area (Å²) >= 11 is 1.53. The van der Waals surface area contributed by atoms with Crippen LogP contribution in [0.25, 0.3) is 17.1 Å². The molecule has 2 aromatic heterocycles. The molecule has 2 aromatic carbocycles. The number of morpholine rings is 1. The van der Waals surface area contributed by atoms with Gasteiger partial charge in [-0.05, 0) is 30.7 Å². The molecule has 0 bridgehead atoms. The molecule has 3 heterocycles. The van der Waals surface area contributed by atoms with Crippen molar-refractivity contribution in [2.45, 2.75) is 17.8 Å². The maximum atomic E-state index is 5.86. The first-order valence-corrected chi connectivity index (χ1v) is 11.1. The molecule has 0 radical (unpaired) electrons. The standard InChI is InChI=1S/C22H22N6O2S/c1-16-7-5-6-10-18(16)28-21(27-11-13-29-14-12-27)25-26-22(28)31-15-19-23-24-20(30-19)17-8-3-2-4-9-17/h2-10H,11-15H2,1H3. The molecule has 5 rings (SSSR count). The average molecular weight is 435 g/mol. The van der Waals surface area contributed by atoms with E-state index in [4.69, 9.17) is 9.15 Å². The van der Waals surface area contributed by atoms with Crippen molar-refractivity contribution in [3.63, 3.8) is 0 Å². The summed E-state index contributed by atoms with van der Waals surface area (Å²) < 4.78 is 13.5. The zero-order valence-corrected chi connectivity index (χ0v) is 18.0. The third kappa shape index (κ3) is 4.19. The third-order valence-electron chi connectivity index (χ3n) is 5.08. The van der Waals surface area contributed by atoms with Crippen LogP contribution in [0.2, 0.25) is 0 Å². The number of anilines is 1. The van der Waals surface area contributed by atoms with E-state index >= 15 is 0 Å². The molecule has 1 aliphatic heterocycles. The lowest BCUT2D eigenvalue weighted by molar-refractivity contribution is 0.122. The molecule has 0 saturated carbocycles. The molecule has 0 atom stereocenters. The number of hydrogen-bond donors (Lipinski definition) is 0. The highest BCUT2D eigenvalue weighted by Gasteiger charge is 2.23. The first kappa shape index (κ1) is 19.8. The van der Waals surface area contributed by atoms with Gasteiger partial charge in [0.2, 0.25) is 17.7 Å². The highest BCUT2D eigenvalue weighted by atomic mass is 32.2. The Kier molecular flexibility index (Phi) is 5.68. The Bertz CT molecular complexity index is 1150. The van der Waals surface area contributed by atoms with Gasteiger partial charge in [0.05, 0.1) is 24.7 Å². The van der Waals surface area contributed by atoms with Gasteiger partial charge in [0, 0.05) is 18.7 Å². The van der Waals surface area contributed by atoms with Crippen molar-refractivity contribution in [1.29, 1.82) is 0 Å². The Morgan fingerprint density at radius 2 is 1.68 bits per heavy atom. The van der Waals surface area contributed by atoms with Gasteiger partial charge in [0.1, 0.15) is 0 Å². The van der Waals surface area contributed by atoms with Crippen LogP contribution in [0, 0.1) is 6.92 Å². The highest BCUT2D eigenvalue weighted by molar-refractivity contribution is 7.98. The molecule has 1 aliphatic rings. The van der Waals surface area contributed by atoms with Crippen molar-refractivity contribution in [2.75, 3.05) is 31.2 Å². The number of aryl methyl sites for hydroxylation is 1. The van der Waals surface area contributed by atoms with E-state index in [1.165, 1.54) is 11.8 Å². The largest absolute Gasteiger partial charge is 0.420 e. The Morgan fingerprint density at radius 1 is 0.903 bits per heavy atom. The van der Waals surface area contributed by atoms with Gasteiger partial charge in [-0.25, -0.2) is 0 Å². The highest BCUT2D eigenvalue weighted by Crippen LogP contribution is 2.30. The number of nitrogens with zero attached hydrogens (tertiary/aromatic N) is 6. The smallest absolute Gasteiger partial charge is 0.247 e. The van der Waals surface area contributed by atoms with Gasteiger partial charge in [-0.1, -0.05) is 48.2 Å². The second kappa shape index (κ2) is 8.91. The fourth-order valence-electron chi connectivity index (χ4n) is 3.48. The maximum absolute atomic E-state index is 5.86. The van der Waals surface area contributed by atoms with Crippen molar-refractivity contribution in [1.82, 2.24) is 25.0 Å². The van der Waals surface area contributed by atoms with Gasteiger partial charge < -0.3 is 14.1 Å². The Balaban J connectivity index is 1.42. The van der Waals surface area contributed by atoms with E-state index in [-0.39, 0.29) is 0 Å². The van der Waals surface area contributed by atoms with Gasteiger partial charge in [-0.15, -0.1) is 20.4 Å². The summed E-state index contributed by atoms with van der Waals surface area (Å²) in [7, 11) is 0. The molecule has 4 aromatic rings. The summed E-state index contributed by atoms with van der Waals surface area (Å²) in [6.45, 7) is 5.05. The summed E-state index contributed by atoms with van der Waals surface area (Å²) in [5, 5.41) is 18.2. The van der Waals surface area contributed by atoms with E-state index < -0.39 is 0 Å². The third-order valence-corrected chi connectivity index (χ3v) is 5.99. The summed E-state index contributed by atoms with van der Waals surface area (Å²) in [4.78, 5) is 2.22. The molecule has 0 N–H and O–H groups in total. The van der Waals surface area contributed by atoms with Crippen LogP contribution in [0.5, 0.6) is 0 Å². The monoisotopic (exact) mass is 434 g/mol. The average Bonchev–Trinajstić information content (AvgIpc) is 3.46. The predicted molar refractivity (Wildman–Crippen MR) is 118 cm³/mol. The first-order valence-electron chi connectivity index (χ1n) is 10.1. The summed E-state index contributed by atoms with van der Waals surface area (Å²) in [6, 6.07) is 18.0. The Labute approximate surface area is 184 Å². The molecule has 31 heavy (non-hydrogen) atoms. The van der Waals surface area contributed by atoms with Gasteiger partial charge in [0.15, 0.2) is 5.16 Å². The molecule has 0 spiro atoms. The molecular weight excluding hydrogens is 412 g/mol. The number of hydrogen-bond acceptors (Lipinski definition) is 8. The van der Waals surface area contributed by atoms with Crippen LogP contribution in [0.15, 0.2) is 64.2 Å². The van der Waals surface area contributed by atoms with E-state index in [0.29, 0.717) is 30.7 Å². The van der Waals surface area contributed by atoms with Crippen LogP contribution in [0.4, 0.5) is 5.95 Å². The van der Waals surface area contributed by atoms with E-state index in [1.54, 1.807) is 0 Å². The minimum atomic E-state index is 0.507. The van der Waals surface area contributed by atoms with E-state index in [0.717, 1.165) is 41.0 Å². The first-order chi connectivity index (χ1) is 15.3. The fraction of sp³-hybridized carbons (Fsp3) is 0.273. The predicted octanol–water partition coefficient (Wildman–Crippen LogP) is 3.75. The van der Waals surface area contributed by atoms with Crippen molar-refractivity contribution in [2.24, 2.45) is 0 Å². The second-order valence-corrected chi connectivity index (χ2v) is 8.10. The van der Waals surface area contributed by atoms with Gasteiger partial charge in [-0.2, -0.15) is 0 Å². The van der Waals surface area contributed by atoms with Crippen LogP contribution < -0.4 is 4.90 Å². The van der Waals surface area contributed by atoms with Crippen LogP contribution in [0.1, 0.15) is 11.5 Å². The molecule has 0 amide bonds. The van der Waals surface area contributed by atoms with Crippen molar-refractivity contribution >= 4 is 17.7 Å². The molecule has 158 valence electrons. The fourth-order valence-corrected chi connectivity index (χ4v) is 4.26. The summed E-state index contributed by atoms with van der Waals surface area (Å²) in [6.07, 6.45) is 0. The number of aromatic nitrogens is 5. The number of rotatable bonds is 6. The van der Waals surface area contributed by atoms with Gasteiger partial charge in [0.25, 0.3) is 0 Å². The number of thioether (sulfide) groups is 1. The van der Waals surface area contributed by atoms with Crippen molar-refractivity contribution in [3.8, 4) is 17.1 Å². The van der Waals surface area contributed by atoms with Crippen LogP contribution >= 0.6 is 11.8 Å². The molecular formula is C22H22N6O2S. The minimum Gasteiger partial charge on any atom is -0.420 e. The van der Waals surface area contributed by atoms with Crippen LogP contribution in [0.3, 0.4) is 0 Å². The van der Waals surface area contributed by atoms with E-state index in [2.05, 4.69) is 48.9 Å². The molecule has 9 heteroatoms. The van der Waals surface area contributed by atoms with Crippen molar-refractivity contribution in [3.05, 3.63) is 66.1 Å². The second-order valence-electron chi connectivity index (χ2n) is 7.16. The molecule has 8 nitrogen and oxygen atoms in total. The normalized spacial score (nSPS) is 14.2. The maximum Gasteiger partial charge on any atom is 0.247 e. The number of para-hydroxylation sites is 1. The van der Waals surface area contributed by atoms with Gasteiger partial charge in [-0.3, -0.25) is 4.57 Å². The lowest BCUT2D eigenvalue weighted by Gasteiger charge is -2.28. The lowest BCUT2D eigenvalue weighted by atomic mass is 10.2. The van der Waals surface area contributed by atoms with Crippen LogP contribution in [-0.4, -0.2) is 51.3 Å². The van der Waals surface area contributed by atoms with E-state index in [9.17, 15) is 0 Å². The van der Waals surface area contributed by atoms with Gasteiger partial charge >= 0.3 is 0 Å². The number of benzene rings is 2. The van der Waals surface area contributed by atoms with Crippen molar-refractivity contribution < 1.29 is 9.15 Å². The SMILES string of the molecule is Cc1ccccc1-n1c(SCc2nnc(-c3ccccc3)o2)nnc1N1CCOCC1. The summed E-state index contributed by atoms with van der Waals surface area (Å²) in [5.41, 5.74) is 3.12. The Morgan fingerprint density at radius 3 is 2.48 bits per heavy atom. The molecule has 1 saturated heterocycles. The minimum absolute atomic E-state index is 0.507. The zero-order valence-electron chi connectivity index (χ0n) is 17.1. The molecule has 0 aliphatic carbocycles.